The average Bonchev–Trinajstić information content (AvgIpc) is 2.00. The van der Waals surface area contributed by atoms with Gasteiger partial charge in [-0.05, 0) is 6.92 Å². The van der Waals surface area contributed by atoms with E-state index >= 15 is 0 Å². The molecule has 0 unspecified atom stereocenters. The van der Waals surface area contributed by atoms with Crippen LogP contribution in [0.2, 0.25) is 0 Å². The van der Waals surface area contributed by atoms with Crippen LogP contribution in [0, 0.1) is 0 Å². The molecule has 0 rings (SSSR count). The number of rotatable bonds is 3. The van der Waals surface area contributed by atoms with Crippen molar-refractivity contribution in [1.29, 1.82) is 0 Å². The number of hydrogen-bond donors (Lipinski definition) is 0. The van der Waals surface area contributed by atoms with Gasteiger partial charge in [0.15, 0.2) is 0 Å². The molecule has 0 aliphatic rings. The number of carbonyl (C=O) groups is 2. The molecule has 0 heterocycles. The number of esters is 2. The van der Waals surface area contributed by atoms with Gasteiger partial charge < -0.3 is 9.47 Å². The van der Waals surface area contributed by atoms with Crippen molar-refractivity contribution in [2.45, 2.75) is 6.92 Å². The fourth-order valence-corrected chi connectivity index (χ4v) is 0.384. The van der Waals surface area contributed by atoms with Crippen molar-refractivity contribution in [3.05, 3.63) is 12.7 Å². The van der Waals surface area contributed by atoms with E-state index in [1.54, 1.807) is 6.92 Å². The zero-order valence-electron chi connectivity index (χ0n) is 6.33. The Hall–Kier alpha value is -1.32. The third-order valence-electron chi connectivity index (χ3n) is 0.774. The van der Waals surface area contributed by atoms with E-state index in [2.05, 4.69) is 16.1 Å². The van der Waals surface area contributed by atoms with E-state index in [4.69, 9.17) is 0 Å². The lowest BCUT2D eigenvalue weighted by Crippen LogP contribution is -2.20. The molecule has 62 valence electrons. The Morgan fingerprint density at radius 1 is 1.36 bits per heavy atom. The fourth-order valence-electron chi connectivity index (χ4n) is 0.384. The molecule has 0 spiro atoms. The predicted molar refractivity (Wildman–Crippen MR) is 37.8 cm³/mol. The third kappa shape index (κ3) is 4.13. The minimum atomic E-state index is -0.980. The van der Waals surface area contributed by atoms with Crippen LogP contribution in [0.1, 0.15) is 6.92 Å². The molecule has 0 saturated carbocycles. The highest BCUT2D eigenvalue weighted by Gasteiger charge is 2.14. The molecule has 0 aromatic heterocycles. The van der Waals surface area contributed by atoms with Gasteiger partial charge in [-0.2, -0.15) is 0 Å². The Bertz CT molecular complexity index is 162. The molecular weight excluding hydrogens is 148 g/mol. The number of ether oxygens (including phenoxy) is 2. The number of hydrogen-bond acceptors (Lipinski definition) is 4. The standard InChI is InChI=1S/C7H10O4/c1-3-5-11-7(9)6(8)10-4-2/h3H,1,4-5H2,2H3. The zero-order valence-corrected chi connectivity index (χ0v) is 6.33. The molecule has 4 nitrogen and oxygen atoms in total. The molecule has 0 aromatic rings. The highest BCUT2D eigenvalue weighted by Crippen LogP contribution is 1.84. The van der Waals surface area contributed by atoms with Gasteiger partial charge in [-0.3, -0.25) is 0 Å². The second-order valence-electron chi connectivity index (χ2n) is 1.61. The Morgan fingerprint density at radius 2 is 1.91 bits per heavy atom. The molecule has 0 radical (unpaired) electrons. The monoisotopic (exact) mass is 158 g/mol. The van der Waals surface area contributed by atoms with Crippen molar-refractivity contribution < 1.29 is 19.1 Å². The lowest BCUT2D eigenvalue weighted by molar-refractivity contribution is -0.166. The minimum absolute atomic E-state index is 0.0254. The summed E-state index contributed by atoms with van der Waals surface area (Å²) < 4.78 is 8.73. The predicted octanol–water partition coefficient (Wildman–Crippen LogP) is 0.279. The van der Waals surface area contributed by atoms with E-state index in [0.29, 0.717) is 0 Å². The fraction of sp³-hybridized carbons (Fsp3) is 0.429. The van der Waals surface area contributed by atoms with Gasteiger partial charge in [0.25, 0.3) is 0 Å². The molecular formula is C7H10O4. The summed E-state index contributed by atoms with van der Waals surface area (Å²) in [5.41, 5.74) is 0. The van der Waals surface area contributed by atoms with Crippen LogP contribution in [-0.4, -0.2) is 25.2 Å². The van der Waals surface area contributed by atoms with Gasteiger partial charge in [0.05, 0.1) is 6.61 Å². The van der Waals surface area contributed by atoms with Gasteiger partial charge in [0.2, 0.25) is 0 Å². The molecule has 4 heteroatoms. The van der Waals surface area contributed by atoms with Crippen molar-refractivity contribution in [2.24, 2.45) is 0 Å². The maximum absolute atomic E-state index is 10.5. The van der Waals surface area contributed by atoms with E-state index in [1.165, 1.54) is 6.08 Å². The maximum Gasteiger partial charge on any atom is 0.417 e. The van der Waals surface area contributed by atoms with Crippen molar-refractivity contribution in [3.8, 4) is 0 Å². The molecule has 0 bridgehead atoms. The Balaban J connectivity index is 3.64. The summed E-state index contributed by atoms with van der Waals surface area (Å²) in [5, 5.41) is 0. The summed E-state index contributed by atoms with van der Waals surface area (Å²) in [4.78, 5) is 21.1. The Labute approximate surface area is 64.8 Å². The van der Waals surface area contributed by atoms with E-state index < -0.39 is 11.9 Å². The second kappa shape index (κ2) is 5.46. The van der Waals surface area contributed by atoms with Crippen LogP contribution in [0.15, 0.2) is 12.7 Å². The molecule has 0 aliphatic carbocycles. The molecule has 0 N–H and O–H groups in total. The molecule has 0 aromatic carbocycles. The average molecular weight is 158 g/mol. The first kappa shape index (κ1) is 9.68. The highest BCUT2D eigenvalue weighted by molar-refractivity contribution is 6.29. The maximum atomic E-state index is 10.5. The summed E-state index contributed by atoms with van der Waals surface area (Å²) >= 11 is 0. The molecule has 0 aliphatic heterocycles. The quantitative estimate of drug-likeness (QED) is 0.336. The van der Waals surface area contributed by atoms with Crippen molar-refractivity contribution >= 4 is 11.9 Å². The van der Waals surface area contributed by atoms with Crippen LogP contribution in [0.25, 0.3) is 0 Å². The molecule has 0 saturated heterocycles. The topological polar surface area (TPSA) is 52.6 Å². The lowest BCUT2D eigenvalue weighted by atomic mass is 10.6. The van der Waals surface area contributed by atoms with Gasteiger partial charge in [0.1, 0.15) is 6.61 Å². The van der Waals surface area contributed by atoms with Crippen LogP contribution in [0.3, 0.4) is 0 Å². The van der Waals surface area contributed by atoms with Crippen LogP contribution >= 0.6 is 0 Å². The van der Waals surface area contributed by atoms with Gasteiger partial charge in [0, 0.05) is 0 Å². The zero-order chi connectivity index (χ0) is 8.69. The smallest absolute Gasteiger partial charge is 0.417 e. The molecule has 11 heavy (non-hydrogen) atoms. The Morgan fingerprint density at radius 3 is 2.36 bits per heavy atom. The summed E-state index contributed by atoms with van der Waals surface area (Å²) in [6.45, 7) is 5.11. The van der Waals surface area contributed by atoms with Crippen molar-refractivity contribution in [3.63, 3.8) is 0 Å². The first-order valence-electron chi connectivity index (χ1n) is 3.17. The van der Waals surface area contributed by atoms with Crippen LogP contribution in [0.5, 0.6) is 0 Å². The molecule has 0 fully saturated rings. The van der Waals surface area contributed by atoms with Gasteiger partial charge in [-0.15, -0.1) is 0 Å². The minimum Gasteiger partial charge on any atom is -0.458 e. The highest BCUT2D eigenvalue weighted by atomic mass is 16.6. The first-order valence-corrected chi connectivity index (χ1v) is 3.17. The van der Waals surface area contributed by atoms with Gasteiger partial charge in [-0.25, -0.2) is 9.59 Å². The van der Waals surface area contributed by atoms with Crippen LogP contribution < -0.4 is 0 Å². The van der Waals surface area contributed by atoms with E-state index in [-0.39, 0.29) is 13.2 Å². The summed E-state index contributed by atoms with van der Waals surface area (Å²) in [5.74, 6) is -1.94. The summed E-state index contributed by atoms with van der Waals surface area (Å²) in [6, 6.07) is 0. The van der Waals surface area contributed by atoms with E-state index in [9.17, 15) is 9.59 Å². The Kier molecular flexibility index (Phi) is 4.81. The lowest BCUT2D eigenvalue weighted by Gasteiger charge is -1.99. The molecule has 0 amide bonds. The largest absolute Gasteiger partial charge is 0.458 e. The third-order valence-corrected chi connectivity index (χ3v) is 0.774. The normalized spacial score (nSPS) is 8.45. The summed E-state index contributed by atoms with van der Waals surface area (Å²) in [7, 11) is 0. The molecule has 0 atom stereocenters. The summed E-state index contributed by atoms with van der Waals surface area (Å²) in [6.07, 6.45) is 1.37. The SMILES string of the molecule is C=CCOC(=O)C(=O)OCC. The van der Waals surface area contributed by atoms with Crippen molar-refractivity contribution in [2.75, 3.05) is 13.2 Å². The van der Waals surface area contributed by atoms with E-state index in [1.807, 2.05) is 0 Å². The van der Waals surface area contributed by atoms with Crippen molar-refractivity contribution in [1.82, 2.24) is 0 Å². The van der Waals surface area contributed by atoms with Gasteiger partial charge in [-0.1, -0.05) is 12.7 Å². The van der Waals surface area contributed by atoms with Crippen LogP contribution in [-0.2, 0) is 19.1 Å². The van der Waals surface area contributed by atoms with E-state index in [0.717, 1.165) is 0 Å². The number of carbonyl (C=O) groups excluding carboxylic acids is 2. The van der Waals surface area contributed by atoms with Gasteiger partial charge >= 0.3 is 11.9 Å². The van der Waals surface area contributed by atoms with Crippen LogP contribution in [0.4, 0.5) is 0 Å². The first-order chi connectivity index (χ1) is 5.22. The second-order valence-corrected chi connectivity index (χ2v) is 1.61.